The number of aromatic nitrogens is 9. The second-order valence-electron chi connectivity index (χ2n) is 9.48. The van der Waals surface area contributed by atoms with Crippen molar-refractivity contribution in [2.75, 3.05) is 0 Å². The Hall–Kier alpha value is -4.27. The van der Waals surface area contributed by atoms with Gasteiger partial charge >= 0.3 is 0 Å². The molecule has 0 atom stereocenters. The van der Waals surface area contributed by atoms with Gasteiger partial charge in [0.15, 0.2) is 0 Å². The minimum atomic E-state index is 0.571. The van der Waals surface area contributed by atoms with E-state index in [1.54, 1.807) is 10.9 Å². The van der Waals surface area contributed by atoms with Crippen molar-refractivity contribution in [1.29, 1.82) is 0 Å². The van der Waals surface area contributed by atoms with Crippen LogP contribution in [0.3, 0.4) is 0 Å². The summed E-state index contributed by atoms with van der Waals surface area (Å²) in [5.74, 6) is 0. The minimum Gasteiger partial charge on any atom is -0.304 e. The van der Waals surface area contributed by atoms with Crippen molar-refractivity contribution in [2.24, 2.45) is 7.05 Å². The van der Waals surface area contributed by atoms with E-state index in [0.29, 0.717) is 6.04 Å². The molecule has 6 heterocycles. The number of nitrogens with zero attached hydrogens (tertiary/aromatic N) is 8. The van der Waals surface area contributed by atoms with Gasteiger partial charge in [0.1, 0.15) is 11.2 Å². The van der Waals surface area contributed by atoms with E-state index in [-0.39, 0.29) is 0 Å². The highest BCUT2D eigenvalue weighted by Gasteiger charge is 2.16. The molecule has 0 aliphatic heterocycles. The average Bonchev–Trinajstić information content (AvgIpc) is 3.72. The molecule has 1 aliphatic carbocycles. The first-order valence-electron chi connectivity index (χ1n) is 12.4. The van der Waals surface area contributed by atoms with E-state index < -0.39 is 0 Å². The Kier molecular flexibility index (Phi) is 5.80. The maximum Gasteiger partial charge on any atom is 0.136 e. The van der Waals surface area contributed by atoms with Crippen molar-refractivity contribution in [2.45, 2.75) is 45.1 Å². The number of hydrogen-bond acceptors (Lipinski definition) is 5. The third-order valence-corrected chi connectivity index (χ3v) is 6.90. The summed E-state index contributed by atoms with van der Waals surface area (Å²) in [6.45, 7) is 2.05. The summed E-state index contributed by atoms with van der Waals surface area (Å²) in [6.07, 6.45) is 22.1. The number of imidazole rings is 1. The number of rotatable bonds is 3. The van der Waals surface area contributed by atoms with Gasteiger partial charge in [0, 0.05) is 66.0 Å². The summed E-state index contributed by atoms with van der Waals surface area (Å²) in [5.41, 5.74) is 8.47. The van der Waals surface area contributed by atoms with Gasteiger partial charge < -0.3 is 4.40 Å². The molecule has 0 unspecified atom stereocenters. The lowest BCUT2D eigenvalue weighted by Gasteiger charge is -2.21. The molecule has 6 aromatic rings. The Morgan fingerprint density at radius 2 is 1.64 bits per heavy atom. The van der Waals surface area contributed by atoms with Crippen LogP contribution in [0.5, 0.6) is 0 Å². The summed E-state index contributed by atoms with van der Waals surface area (Å²) in [7, 11) is 1.92. The Balaban J connectivity index is 0.000000137. The van der Waals surface area contributed by atoms with Crippen LogP contribution in [0.1, 0.15) is 43.8 Å². The van der Waals surface area contributed by atoms with Crippen LogP contribution >= 0.6 is 0 Å². The van der Waals surface area contributed by atoms with E-state index in [4.69, 9.17) is 0 Å². The van der Waals surface area contributed by atoms with E-state index in [9.17, 15) is 0 Å². The molecule has 0 saturated heterocycles. The summed E-state index contributed by atoms with van der Waals surface area (Å²) in [4.78, 5) is 8.71. The number of nitrogens with one attached hydrogen (secondary N) is 1. The van der Waals surface area contributed by atoms with E-state index in [1.807, 2.05) is 51.0 Å². The van der Waals surface area contributed by atoms with Crippen LogP contribution in [0, 0.1) is 6.92 Å². The van der Waals surface area contributed by atoms with Crippen LogP contribution in [0.25, 0.3) is 38.9 Å². The van der Waals surface area contributed by atoms with Gasteiger partial charge in [0.25, 0.3) is 0 Å². The zero-order valence-corrected chi connectivity index (χ0v) is 20.5. The smallest absolute Gasteiger partial charge is 0.136 e. The Morgan fingerprint density at radius 1 is 0.806 bits per heavy atom. The molecular weight excluding hydrogens is 450 g/mol. The Bertz CT molecular complexity index is 1610. The lowest BCUT2D eigenvalue weighted by Crippen LogP contribution is -2.12. The van der Waals surface area contributed by atoms with E-state index in [1.165, 1.54) is 32.1 Å². The second kappa shape index (κ2) is 9.41. The molecule has 0 amide bonds. The fourth-order valence-electron chi connectivity index (χ4n) is 4.86. The first-order valence-corrected chi connectivity index (χ1v) is 12.4. The van der Waals surface area contributed by atoms with Crippen LogP contribution in [0.2, 0.25) is 0 Å². The van der Waals surface area contributed by atoms with Crippen LogP contribution in [-0.2, 0) is 7.05 Å². The molecule has 0 spiro atoms. The first kappa shape index (κ1) is 22.2. The summed E-state index contributed by atoms with van der Waals surface area (Å²) >= 11 is 0. The molecule has 0 aromatic carbocycles. The van der Waals surface area contributed by atoms with Crippen molar-refractivity contribution < 1.29 is 0 Å². The largest absolute Gasteiger partial charge is 0.304 e. The van der Waals surface area contributed by atoms with E-state index in [0.717, 1.165) is 44.6 Å². The van der Waals surface area contributed by atoms with Gasteiger partial charge in [0.05, 0.1) is 30.1 Å². The molecule has 1 N–H and O–H groups in total. The lowest BCUT2D eigenvalue weighted by atomic mass is 9.96. The highest BCUT2D eigenvalue weighted by molar-refractivity contribution is 5.79. The number of H-pyrrole nitrogens is 1. The predicted molar refractivity (Wildman–Crippen MR) is 139 cm³/mol. The second-order valence-corrected chi connectivity index (χ2v) is 9.48. The topological polar surface area (TPSA) is 94.5 Å². The van der Waals surface area contributed by atoms with Crippen molar-refractivity contribution >= 4 is 16.7 Å². The molecule has 0 radical (unpaired) electrons. The number of aromatic amines is 1. The molecule has 9 heteroatoms. The van der Waals surface area contributed by atoms with Crippen LogP contribution in [0.15, 0.2) is 67.8 Å². The molecule has 0 bridgehead atoms. The monoisotopic (exact) mass is 479 g/mol. The van der Waals surface area contributed by atoms with E-state index >= 15 is 0 Å². The first-order chi connectivity index (χ1) is 17.6. The fraction of sp³-hybridized carbons (Fsp3) is 0.296. The molecule has 6 aromatic heterocycles. The molecule has 1 aliphatic rings. The van der Waals surface area contributed by atoms with Gasteiger partial charge in [-0.3, -0.25) is 19.4 Å². The predicted octanol–water partition coefficient (Wildman–Crippen LogP) is 5.37. The zero-order valence-electron chi connectivity index (χ0n) is 20.5. The maximum absolute atomic E-state index is 4.55. The fourth-order valence-corrected chi connectivity index (χ4v) is 4.86. The van der Waals surface area contributed by atoms with Crippen molar-refractivity contribution in [3.63, 3.8) is 0 Å². The van der Waals surface area contributed by atoms with Crippen LogP contribution < -0.4 is 0 Å². The standard InChI is InChI=1S/C15H17N5.C12H12N4/c1-2-4-13(5-3-1)20-10-12(8-18-20)11-6-14-15(16-7-11)9-17-19-14;1-9-5-13-12-4-3-10(8-16(9)12)11-6-14-15(2)7-11/h6-10,13H,1-5H2,(H,17,19);3-8H,1-2H3. The lowest BCUT2D eigenvalue weighted by molar-refractivity contribution is 0.329. The van der Waals surface area contributed by atoms with Gasteiger partial charge in [-0.2, -0.15) is 15.3 Å². The van der Waals surface area contributed by atoms with Gasteiger partial charge in [-0.1, -0.05) is 19.3 Å². The molecule has 7 rings (SSSR count). The van der Waals surface area contributed by atoms with Crippen molar-refractivity contribution in [3.8, 4) is 22.3 Å². The minimum absolute atomic E-state index is 0.571. The van der Waals surface area contributed by atoms with Crippen molar-refractivity contribution in [3.05, 3.63) is 73.5 Å². The van der Waals surface area contributed by atoms with E-state index in [2.05, 4.69) is 64.0 Å². The normalized spacial score (nSPS) is 14.3. The van der Waals surface area contributed by atoms with Gasteiger partial charge in [0.2, 0.25) is 0 Å². The molecule has 182 valence electrons. The number of fused-ring (bicyclic) bond motifs is 2. The third-order valence-electron chi connectivity index (χ3n) is 6.90. The number of pyridine rings is 2. The average molecular weight is 480 g/mol. The SMILES string of the molecule is Cc1cnc2ccc(-c3cnn(C)c3)cn12.c1nc2cn[nH]c2cc1-c1cnn(C2CCCCC2)c1. The highest BCUT2D eigenvalue weighted by Crippen LogP contribution is 2.29. The van der Waals surface area contributed by atoms with Crippen LogP contribution in [0.4, 0.5) is 0 Å². The van der Waals surface area contributed by atoms with Crippen LogP contribution in [-0.4, -0.2) is 44.1 Å². The van der Waals surface area contributed by atoms with Gasteiger partial charge in [-0.15, -0.1) is 0 Å². The summed E-state index contributed by atoms with van der Waals surface area (Å²) in [5, 5.41) is 15.7. The Morgan fingerprint density at radius 3 is 2.47 bits per heavy atom. The van der Waals surface area contributed by atoms with Gasteiger partial charge in [-0.05, 0) is 38.0 Å². The molecule has 9 nitrogen and oxygen atoms in total. The maximum atomic E-state index is 4.55. The summed E-state index contributed by atoms with van der Waals surface area (Å²) in [6, 6.07) is 6.74. The van der Waals surface area contributed by atoms with Gasteiger partial charge in [-0.25, -0.2) is 4.98 Å². The third kappa shape index (κ3) is 4.39. The molecule has 1 saturated carbocycles. The molecular formula is C27H29N9. The van der Waals surface area contributed by atoms with Crippen molar-refractivity contribution in [1.82, 2.24) is 44.1 Å². The zero-order chi connectivity index (χ0) is 24.5. The highest BCUT2D eigenvalue weighted by atomic mass is 15.3. The molecule has 1 fully saturated rings. The Labute approximate surface area is 208 Å². The number of hydrogen-bond donors (Lipinski definition) is 1. The quantitative estimate of drug-likeness (QED) is 0.368. The summed E-state index contributed by atoms with van der Waals surface area (Å²) < 4.78 is 6.02. The molecule has 36 heavy (non-hydrogen) atoms. The number of aryl methyl sites for hydroxylation is 2.